The summed E-state index contributed by atoms with van der Waals surface area (Å²) in [5.41, 5.74) is 6.08. The van der Waals surface area contributed by atoms with E-state index in [-0.39, 0.29) is 0 Å². The van der Waals surface area contributed by atoms with Crippen molar-refractivity contribution in [2.45, 2.75) is 32.0 Å². The van der Waals surface area contributed by atoms with Crippen LogP contribution in [-0.4, -0.2) is 51.0 Å². The molecule has 7 heteroatoms. The van der Waals surface area contributed by atoms with Crippen molar-refractivity contribution in [1.82, 2.24) is 20.2 Å². The van der Waals surface area contributed by atoms with E-state index >= 15 is 0 Å². The van der Waals surface area contributed by atoms with Gasteiger partial charge in [0, 0.05) is 50.5 Å². The average Bonchev–Trinajstić information content (AvgIpc) is 3.34. The smallest absolute Gasteiger partial charge is 0.267 e. The van der Waals surface area contributed by atoms with E-state index in [1.165, 1.54) is 11.8 Å². The van der Waals surface area contributed by atoms with Crippen LogP contribution in [-0.2, 0) is 18.4 Å². The van der Waals surface area contributed by atoms with Gasteiger partial charge in [-0.05, 0) is 37.1 Å². The molecule has 1 aromatic heterocycles. The van der Waals surface area contributed by atoms with Gasteiger partial charge in [-0.2, -0.15) is 5.10 Å². The lowest BCUT2D eigenvalue weighted by Gasteiger charge is -2.36. The molecule has 1 aromatic carbocycles. The van der Waals surface area contributed by atoms with Gasteiger partial charge in [-0.3, -0.25) is 19.6 Å². The quantitative estimate of drug-likeness (QED) is 0.478. The highest BCUT2D eigenvalue weighted by atomic mass is 16.5. The number of aryl methyl sites for hydroxylation is 2. The minimum atomic E-state index is -0.523. The molecular weight excluding hydrogens is 342 g/mol. The molecule has 4 rings (SSSR count). The third kappa shape index (κ3) is 3.48. The van der Waals surface area contributed by atoms with Crippen molar-refractivity contribution >= 4 is 17.7 Å². The van der Waals surface area contributed by atoms with Gasteiger partial charge in [-0.1, -0.05) is 18.2 Å². The Labute approximate surface area is 158 Å². The molecule has 0 spiro atoms. The van der Waals surface area contributed by atoms with Gasteiger partial charge < -0.3 is 4.90 Å². The lowest BCUT2D eigenvalue weighted by Crippen LogP contribution is -2.46. The Morgan fingerprint density at radius 2 is 2.15 bits per heavy atom. The zero-order valence-electron chi connectivity index (χ0n) is 15.7. The van der Waals surface area contributed by atoms with E-state index in [4.69, 9.17) is 5.21 Å². The molecule has 0 unspecified atom stereocenters. The van der Waals surface area contributed by atoms with Gasteiger partial charge in [0.05, 0.1) is 11.4 Å². The predicted octanol–water partition coefficient (Wildman–Crippen LogP) is 1.71. The first-order chi connectivity index (χ1) is 13.0. The Bertz CT molecular complexity index is 875. The number of likely N-dealkylation sites (tertiary alicyclic amines) is 1. The molecule has 2 aliphatic heterocycles. The Kier molecular flexibility index (Phi) is 4.72. The first kappa shape index (κ1) is 17.8. The lowest BCUT2D eigenvalue weighted by molar-refractivity contribution is -0.124. The molecule has 27 heavy (non-hydrogen) atoms. The summed E-state index contributed by atoms with van der Waals surface area (Å²) >= 11 is 0. The number of amides is 1. The molecule has 2 atom stereocenters. The van der Waals surface area contributed by atoms with Crippen molar-refractivity contribution in [2.24, 2.45) is 7.05 Å². The molecule has 3 heterocycles. The van der Waals surface area contributed by atoms with Crippen LogP contribution in [0.15, 0.2) is 36.4 Å². The standard InChI is InChI=1S/C20H25N5O2/c1-14-9-16(23(2)21-14)11-24-12-18-10-17(24)13-25(18)19-6-4-3-5-15(19)7-8-20(26)22-27/h3-9,17-18,27H,10-13H2,1-2H3,(H,22,26)/t17-,18-/m0/s1. The molecule has 0 saturated carbocycles. The fraction of sp³-hybridized carbons (Fsp3) is 0.400. The number of fused-ring (bicyclic) bond motifs is 2. The maximum absolute atomic E-state index is 11.3. The number of benzene rings is 1. The summed E-state index contributed by atoms with van der Waals surface area (Å²) in [5, 5.41) is 13.1. The topological polar surface area (TPSA) is 73.6 Å². The second-order valence-corrected chi connectivity index (χ2v) is 7.39. The van der Waals surface area contributed by atoms with Crippen molar-refractivity contribution in [3.8, 4) is 0 Å². The number of carbonyl (C=O) groups is 1. The van der Waals surface area contributed by atoms with E-state index in [1.54, 1.807) is 11.6 Å². The molecule has 0 radical (unpaired) electrons. The van der Waals surface area contributed by atoms with Crippen molar-refractivity contribution in [3.05, 3.63) is 53.4 Å². The van der Waals surface area contributed by atoms with Crippen LogP contribution >= 0.6 is 0 Å². The highest BCUT2D eigenvalue weighted by molar-refractivity contribution is 5.91. The van der Waals surface area contributed by atoms with E-state index < -0.39 is 5.91 Å². The monoisotopic (exact) mass is 367 g/mol. The van der Waals surface area contributed by atoms with E-state index in [0.717, 1.165) is 43.0 Å². The van der Waals surface area contributed by atoms with Gasteiger partial charge in [-0.15, -0.1) is 0 Å². The first-order valence-electron chi connectivity index (χ1n) is 9.26. The van der Waals surface area contributed by atoms with Crippen LogP contribution in [0.3, 0.4) is 0 Å². The number of para-hydroxylation sites is 1. The predicted molar refractivity (Wildman–Crippen MR) is 103 cm³/mol. The molecule has 2 saturated heterocycles. The maximum Gasteiger partial charge on any atom is 0.267 e. The molecule has 2 aromatic rings. The Hall–Kier alpha value is -2.64. The SMILES string of the molecule is Cc1cc(CN2C[C@@H]3C[C@H]2CN3c2ccccc2C=CC(=O)NO)n(C)n1. The number of hydrogen-bond donors (Lipinski definition) is 2. The summed E-state index contributed by atoms with van der Waals surface area (Å²) < 4.78 is 1.98. The molecule has 2 fully saturated rings. The summed E-state index contributed by atoms with van der Waals surface area (Å²) in [4.78, 5) is 16.3. The number of aromatic nitrogens is 2. The van der Waals surface area contributed by atoms with E-state index in [0.29, 0.717) is 12.1 Å². The maximum atomic E-state index is 11.3. The number of hydroxylamine groups is 1. The van der Waals surface area contributed by atoms with Crippen LogP contribution in [0.2, 0.25) is 0 Å². The molecule has 2 N–H and O–H groups in total. The Balaban J connectivity index is 1.48. The second kappa shape index (κ2) is 7.17. The number of nitrogens with zero attached hydrogens (tertiary/aromatic N) is 4. The minimum Gasteiger partial charge on any atom is -0.365 e. The van der Waals surface area contributed by atoms with Gasteiger partial charge >= 0.3 is 0 Å². The summed E-state index contributed by atoms with van der Waals surface area (Å²) in [6.45, 7) is 4.98. The van der Waals surface area contributed by atoms with Crippen LogP contribution < -0.4 is 10.4 Å². The molecule has 2 bridgehead atoms. The van der Waals surface area contributed by atoms with Crippen LogP contribution in [0.25, 0.3) is 6.08 Å². The summed E-state index contributed by atoms with van der Waals surface area (Å²) in [6, 6.07) is 11.3. The van der Waals surface area contributed by atoms with Crippen LogP contribution in [0, 0.1) is 6.92 Å². The van der Waals surface area contributed by atoms with Crippen LogP contribution in [0.4, 0.5) is 5.69 Å². The largest absolute Gasteiger partial charge is 0.365 e. The van der Waals surface area contributed by atoms with E-state index in [1.807, 2.05) is 36.9 Å². The van der Waals surface area contributed by atoms with Gasteiger partial charge in [-0.25, -0.2) is 5.48 Å². The number of carbonyl (C=O) groups excluding carboxylic acids is 1. The Morgan fingerprint density at radius 3 is 2.81 bits per heavy atom. The third-order valence-electron chi connectivity index (χ3n) is 5.59. The van der Waals surface area contributed by atoms with E-state index in [9.17, 15) is 4.79 Å². The summed E-state index contributed by atoms with van der Waals surface area (Å²) in [5.74, 6) is -0.523. The van der Waals surface area contributed by atoms with Gasteiger partial charge in [0.1, 0.15) is 0 Å². The normalized spacial score (nSPS) is 22.1. The number of piperazine rings is 1. The van der Waals surface area contributed by atoms with E-state index in [2.05, 4.69) is 27.0 Å². The fourth-order valence-corrected chi connectivity index (χ4v) is 4.35. The molecule has 2 aliphatic rings. The number of anilines is 1. The van der Waals surface area contributed by atoms with Crippen molar-refractivity contribution in [3.63, 3.8) is 0 Å². The molecular formula is C20H25N5O2. The van der Waals surface area contributed by atoms with Gasteiger partial charge in [0.15, 0.2) is 0 Å². The second-order valence-electron chi connectivity index (χ2n) is 7.39. The fourth-order valence-electron chi connectivity index (χ4n) is 4.35. The molecule has 7 nitrogen and oxygen atoms in total. The third-order valence-corrected chi connectivity index (χ3v) is 5.59. The zero-order chi connectivity index (χ0) is 19.0. The van der Waals surface area contributed by atoms with Crippen molar-refractivity contribution < 1.29 is 10.0 Å². The molecule has 142 valence electrons. The first-order valence-corrected chi connectivity index (χ1v) is 9.26. The number of nitrogens with one attached hydrogen (secondary N) is 1. The molecule has 0 aliphatic carbocycles. The zero-order valence-corrected chi connectivity index (χ0v) is 15.7. The van der Waals surface area contributed by atoms with Crippen LogP contribution in [0.1, 0.15) is 23.4 Å². The Morgan fingerprint density at radius 1 is 1.33 bits per heavy atom. The highest BCUT2D eigenvalue weighted by Crippen LogP contribution is 2.37. The van der Waals surface area contributed by atoms with Crippen molar-refractivity contribution in [1.29, 1.82) is 0 Å². The average molecular weight is 367 g/mol. The lowest BCUT2D eigenvalue weighted by atomic mass is 10.1. The van der Waals surface area contributed by atoms with Gasteiger partial charge in [0.25, 0.3) is 5.91 Å². The van der Waals surface area contributed by atoms with Crippen molar-refractivity contribution in [2.75, 3.05) is 18.0 Å². The minimum absolute atomic E-state index is 0.477. The van der Waals surface area contributed by atoms with Crippen LogP contribution in [0.5, 0.6) is 0 Å². The number of hydrogen-bond acceptors (Lipinski definition) is 5. The highest BCUT2D eigenvalue weighted by Gasteiger charge is 2.43. The summed E-state index contributed by atoms with van der Waals surface area (Å²) in [7, 11) is 2.01. The molecule has 1 amide bonds. The van der Waals surface area contributed by atoms with Gasteiger partial charge in [0.2, 0.25) is 0 Å². The summed E-state index contributed by atoms with van der Waals surface area (Å²) in [6.07, 6.45) is 4.26. The number of rotatable bonds is 5.